The van der Waals surface area contributed by atoms with E-state index in [9.17, 15) is 18.3 Å². The maximum atomic E-state index is 12.7. The predicted molar refractivity (Wildman–Crippen MR) is 108 cm³/mol. The van der Waals surface area contributed by atoms with E-state index in [4.69, 9.17) is 18.9 Å². The molecule has 2 aromatic carbocycles. The molecule has 1 unspecified atom stereocenters. The minimum Gasteiger partial charge on any atom is -0.497 e. The highest BCUT2D eigenvalue weighted by Gasteiger charge is 2.49. The number of carbonyl (C=O) groups is 1. The van der Waals surface area contributed by atoms with Crippen LogP contribution in [0.25, 0.3) is 0 Å². The lowest BCUT2D eigenvalue weighted by Crippen LogP contribution is -2.29. The number of carbonyl (C=O) groups excluding carboxylic acids is 1. The fourth-order valence-electron chi connectivity index (χ4n) is 3.48. The number of cyclic esters (lactones) is 1. The van der Waals surface area contributed by atoms with Gasteiger partial charge in [0.2, 0.25) is 6.79 Å². The highest BCUT2D eigenvalue weighted by atomic mass is 32.2. The second kappa shape index (κ2) is 7.75. The molecule has 0 amide bonds. The van der Waals surface area contributed by atoms with E-state index >= 15 is 0 Å². The highest BCUT2D eigenvalue weighted by Crippen LogP contribution is 2.44. The van der Waals surface area contributed by atoms with Crippen molar-refractivity contribution in [2.24, 2.45) is 0 Å². The number of esters is 1. The maximum absolute atomic E-state index is 12.7. The van der Waals surface area contributed by atoms with Crippen molar-refractivity contribution in [1.82, 2.24) is 0 Å². The van der Waals surface area contributed by atoms with Gasteiger partial charge in [-0.3, -0.25) is 0 Å². The molecular formula is C22H20O8S. The molecule has 0 radical (unpaired) electrons. The van der Waals surface area contributed by atoms with Gasteiger partial charge < -0.3 is 24.1 Å². The minimum absolute atomic E-state index is 0.0522. The number of hydrogen-bond donors (Lipinski definition) is 1. The Kier molecular flexibility index (Phi) is 5.24. The van der Waals surface area contributed by atoms with Crippen LogP contribution in [0.4, 0.5) is 0 Å². The number of ether oxygens (including phenoxy) is 4. The van der Waals surface area contributed by atoms with Crippen LogP contribution < -0.4 is 4.74 Å². The molecule has 2 aromatic rings. The smallest absolute Gasteiger partial charge is 0.345 e. The van der Waals surface area contributed by atoms with Crippen LogP contribution in [0.2, 0.25) is 0 Å². The monoisotopic (exact) mass is 444 g/mol. The summed E-state index contributed by atoms with van der Waals surface area (Å²) in [6.45, 7) is -0.0522. The number of sulfone groups is 1. The summed E-state index contributed by atoms with van der Waals surface area (Å²) in [6, 6.07) is 12.7. The molecule has 0 spiro atoms. The topological polar surface area (TPSA) is 108 Å². The third-order valence-corrected chi connectivity index (χ3v) is 6.22. The quantitative estimate of drug-likeness (QED) is 0.676. The van der Waals surface area contributed by atoms with E-state index in [1.807, 2.05) is 0 Å². The van der Waals surface area contributed by atoms with Crippen molar-refractivity contribution >= 4 is 15.8 Å². The Labute approximate surface area is 179 Å². The molecule has 31 heavy (non-hydrogen) atoms. The molecule has 0 bridgehead atoms. The molecular weight excluding hydrogens is 424 g/mol. The summed E-state index contributed by atoms with van der Waals surface area (Å²) in [5, 5.41) is 11.5. The van der Waals surface area contributed by atoms with Gasteiger partial charge in [0.25, 0.3) is 5.79 Å². The molecule has 1 atom stereocenters. The molecule has 2 heterocycles. The lowest BCUT2D eigenvalue weighted by Gasteiger charge is -2.26. The first kappa shape index (κ1) is 21.0. The zero-order chi connectivity index (χ0) is 22.2. The molecule has 162 valence electrons. The number of rotatable bonds is 6. The zero-order valence-corrected chi connectivity index (χ0v) is 17.6. The molecule has 2 aliphatic heterocycles. The third kappa shape index (κ3) is 3.89. The van der Waals surface area contributed by atoms with Crippen LogP contribution in [0.3, 0.4) is 0 Å². The van der Waals surface area contributed by atoms with E-state index in [-0.39, 0.29) is 35.0 Å². The molecule has 0 saturated heterocycles. The van der Waals surface area contributed by atoms with E-state index in [1.54, 1.807) is 36.4 Å². The summed E-state index contributed by atoms with van der Waals surface area (Å²) >= 11 is 0. The van der Waals surface area contributed by atoms with Crippen molar-refractivity contribution in [2.75, 3.05) is 20.2 Å². The van der Waals surface area contributed by atoms with E-state index in [0.717, 1.165) is 6.26 Å². The Balaban J connectivity index is 1.79. The van der Waals surface area contributed by atoms with Gasteiger partial charge in [0.15, 0.2) is 15.6 Å². The normalized spacial score (nSPS) is 20.7. The lowest BCUT2D eigenvalue weighted by molar-refractivity contribution is -0.186. The fourth-order valence-corrected chi connectivity index (χ4v) is 4.11. The lowest BCUT2D eigenvalue weighted by atomic mass is 9.90. The Morgan fingerprint density at radius 2 is 1.77 bits per heavy atom. The summed E-state index contributed by atoms with van der Waals surface area (Å²) in [5.74, 6) is -2.05. The second-order valence-electron chi connectivity index (χ2n) is 7.12. The first-order chi connectivity index (χ1) is 14.7. The number of hydrogen-bond acceptors (Lipinski definition) is 8. The van der Waals surface area contributed by atoms with Gasteiger partial charge in [-0.2, -0.15) is 0 Å². The third-order valence-electron chi connectivity index (χ3n) is 5.09. The summed E-state index contributed by atoms with van der Waals surface area (Å²) in [7, 11) is -1.83. The standard InChI is InChI=1S/C22H20O8S/c1-27-16-7-5-15(6-8-16)22(24)18(20(21(23)30-22)19-12-28-13-29-19)11-14-3-9-17(10-4-14)31(2,25)26/h3-10,12,24H,11,13H2,1-2H3. The van der Waals surface area contributed by atoms with Crippen molar-refractivity contribution in [3.8, 4) is 5.75 Å². The van der Waals surface area contributed by atoms with Gasteiger partial charge in [0, 0.05) is 23.8 Å². The molecule has 1 N–H and O–H groups in total. The molecule has 0 aliphatic carbocycles. The highest BCUT2D eigenvalue weighted by molar-refractivity contribution is 7.90. The van der Waals surface area contributed by atoms with Crippen LogP contribution in [-0.4, -0.2) is 39.7 Å². The molecule has 4 rings (SSSR count). The second-order valence-corrected chi connectivity index (χ2v) is 9.14. The number of methoxy groups -OCH3 is 1. The van der Waals surface area contributed by atoms with E-state index in [1.165, 1.54) is 25.5 Å². The van der Waals surface area contributed by atoms with E-state index in [2.05, 4.69) is 0 Å². The van der Waals surface area contributed by atoms with Gasteiger partial charge in [-0.05, 0) is 42.0 Å². The van der Waals surface area contributed by atoms with Crippen LogP contribution in [0, 0.1) is 0 Å². The van der Waals surface area contributed by atoms with Gasteiger partial charge in [0.05, 0.1) is 12.0 Å². The summed E-state index contributed by atoms with van der Waals surface area (Å²) in [6.07, 6.45) is 2.52. The van der Waals surface area contributed by atoms with Gasteiger partial charge in [-0.15, -0.1) is 0 Å². The molecule has 9 heteroatoms. The van der Waals surface area contributed by atoms with Crippen LogP contribution in [0.15, 0.2) is 76.6 Å². The first-order valence-corrected chi connectivity index (χ1v) is 11.2. The Hall–Kier alpha value is -3.30. The van der Waals surface area contributed by atoms with E-state index < -0.39 is 21.6 Å². The van der Waals surface area contributed by atoms with Crippen molar-refractivity contribution in [3.05, 3.63) is 82.8 Å². The first-order valence-electron chi connectivity index (χ1n) is 9.30. The van der Waals surface area contributed by atoms with E-state index in [0.29, 0.717) is 16.9 Å². The summed E-state index contributed by atoms with van der Waals surface area (Å²) in [5.41, 5.74) is 1.33. The van der Waals surface area contributed by atoms with Gasteiger partial charge in [0.1, 0.15) is 17.6 Å². The Bertz CT molecular complexity index is 1180. The molecule has 2 aliphatic rings. The van der Waals surface area contributed by atoms with Crippen LogP contribution >= 0.6 is 0 Å². The average Bonchev–Trinajstić information content (AvgIpc) is 3.35. The van der Waals surface area contributed by atoms with Crippen LogP contribution in [0.5, 0.6) is 5.75 Å². The SMILES string of the molecule is COc1ccc(C2(O)OC(=O)C(C3=COCO3)=C2Cc2ccc(S(C)(=O)=O)cc2)cc1. The van der Waals surface area contributed by atoms with Gasteiger partial charge in [-0.25, -0.2) is 13.2 Å². The van der Waals surface area contributed by atoms with Crippen molar-refractivity contribution in [1.29, 1.82) is 0 Å². The summed E-state index contributed by atoms with van der Waals surface area (Å²) < 4.78 is 44.5. The maximum Gasteiger partial charge on any atom is 0.345 e. The van der Waals surface area contributed by atoms with Crippen molar-refractivity contribution in [3.63, 3.8) is 0 Å². The Morgan fingerprint density at radius 1 is 1.10 bits per heavy atom. The van der Waals surface area contributed by atoms with Crippen LogP contribution in [0.1, 0.15) is 11.1 Å². The number of aliphatic hydroxyl groups is 1. The zero-order valence-electron chi connectivity index (χ0n) is 16.8. The summed E-state index contributed by atoms with van der Waals surface area (Å²) in [4.78, 5) is 12.9. The molecule has 0 aromatic heterocycles. The van der Waals surface area contributed by atoms with Crippen LogP contribution in [-0.2, 0) is 41.1 Å². The fraction of sp³-hybridized carbons (Fsp3) is 0.227. The minimum atomic E-state index is -3.35. The molecule has 0 fully saturated rings. The number of benzene rings is 2. The molecule has 8 nitrogen and oxygen atoms in total. The van der Waals surface area contributed by atoms with Crippen molar-refractivity contribution in [2.45, 2.75) is 17.1 Å². The van der Waals surface area contributed by atoms with Crippen molar-refractivity contribution < 1.29 is 37.3 Å². The largest absolute Gasteiger partial charge is 0.497 e. The van der Waals surface area contributed by atoms with Gasteiger partial charge in [-0.1, -0.05) is 12.1 Å². The van der Waals surface area contributed by atoms with Gasteiger partial charge >= 0.3 is 5.97 Å². The Morgan fingerprint density at radius 3 is 2.32 bits per heavy atom. The average molecular weight is 444 g/mol. The predicted octanol–water partition coefficient (Wildman–Crippen LogP) is 2.19. The molecule has 0 saturated carbocycles.